The third-order valence-electron chi connectivity index (χ3n) is 6.20. The molecule has 0 amide bonds. The lowest BCUT2D eigenvalue weighted by Crippen LogP contribution is -2.14. The summed E-state index contributed by atoms with van der Waals surface area (Å²) in [5, 5.41) is 17.9. The van der Waals surface area contributed by atoms with Crippen LogP contribution in [0.1, 0.15) is 148 Å². The third kappa shape index (κ3) is 21.6. The zero-order chi connectivity index (χ0) is 22.3. The molecule has 0 spiro atoms. The van der Waals surface area contributed by atoms with E-state index in [1.165, 1.54) is 103 Å². The quantitative estimate of drug-likeness (QED) is 0.152. The largest absolute Gasteiger partial charge is 0.481 e. The molecule has 0 aliphatic heterocycles. The van der Waals surface area contributed by atoms with Gasteiger partial charge in [-0.3, -0.25) is 9.59 Å². The average Bonchev–Trinajstić information content (AvgIpc) is 2.71. The van der Waals surface area contributed by atoms with Crippen molar-refractivity contribution < 1.29 is 19.8 Å². The summed E-state index contributed by atoms with van der Waals surface area (Å²) >= 11 is 0. The van der Waals surface area contributed by atoms with Crippen molar-refractivity contribution in [1.29, 1.82) is 0 Å². The van der Waals surface area contributed by atoms with Crippen molar-refractivity contribution in [3.8, 4) is 0 Å². The Morgan fingerprint density at radius 1 is 0.533 bits per heavy atom. The summed E-state index contributed by atoms with van der Waals surface area (Å²) in [6.07, 6.45) is 25.7. The zero-order valence-corrected chi connectivity index (χ0v) is 19.8. The van der Waals surface area contributed by atoms with Gasteiger partial charge in [-0.25, -0.2) is 0 Å². The first kappa shape index (κ1) is 28.9. The van der Waals surface area contributed by atoms with Crippen LogP contribution in [-0.4, -0.2) is 22.2 Å². The summed E-state index contributed by atoms with van der Waals surface area (Å²) in [6.45, 7) is 2.27. The molecule has 178 valence electrons. The maximum atomic E-state index is 11.2. The highest BCUT2D eigenvalue weighted by molar-refractivity contribution is 5.70. The van der Waals surface area contributed by atoms with Crippen molar-refractivity contribution in [1.82, 2.24) is 0 Å². The van der Waals surface area contributed by atoms with Gasteiger partial charge < -0.3 is 10.2 Å². The number of aliphatic carboxylic acids is 2. The van der Waals surface area contributed by atoms with Crippen molar-refractivity contribution in [2.45, 2.75) is 148 Å². The Bertz CT molecular complexity index is 394. The van der Waals surface area contributed by atoms with E-state index in [1.54, 1.807) is 0 Å². The smallest absolute Gasteiger partial charge is 0.306 e. The van der Waals surface area contributed by atoms with E-state index in [0.717, 1.165) is 12.8 Å². The lowest BCUT2D eigenvalue weighted by Gasteiger charge is -2.11. The number of hydrogen-bond acceptors (Lipinski definition) is 2. The fourth-order valence-electron chi connectivity index (χ4n) is 4.18. The fraction of sp³-hybridized carbons (Fsp3) is 0.923. The minimum Gasteiger partial charge on any atom is -0.481 e. The van der Waals surface area contributed by atoms with Gasteiger partial charge in [0, 0.05) is 6.42 Å². The molecule has 1 unspecified atom stereocenters. The maximum absolute atomic E-state index is 11.2. The summed E-state index contributed by atoms with van der Waals surface area (Å²) in [6, 6.07) is 0. The predicted octanol–water partition coefficient (Wildman–Crippen LogP) is 8.37. The fourth-order valence-corrected chi connectivity index (χ4v) is 4.18. The van der Waals surface area contributed by atoms with E-state index in [9.17, 15) is 14.7 Å². The van der Waals surface area contributed by atoms with Gasteiger partial charge in [-0.1, -0.05) is 122 Å². The van der Waals surface area contributed by atoms with Crippen molar-refractivity contribution in [3.05, 3.63) is 0 Å². The molecule has 30 heavy (non-hydrogen) atoms. The number of unbranched alkanes of at least 4 members (excludes halogenated alkanes) is 17. The maximum Gasteiger partial charge on any atom is 0.306 e. The van der Waals surface area contributed by atoms with Gasteiger partial charge in [0.05, 0.1) is 5.92 Å². The Balaban J connectivity index is 3.30. The molecule has 0 rings (SSSR count). The molecule has 0 saturated heterocycles. The molecule has 0 aromatic rings. The Labute approximate surface area is 186 Å². The topological polar surface area (TPSA) is 74.6 Å². The van der Waals surface area contributed by atoms with Crippen LogP contribution in [0.4, 0.5) is 0 Å². The first-order valence-electron chi connectivity index (χ1n) is 13.0. The Hall–Kier alpha value is -1.06. The summed E-state index contributed by atoms with van der Waals surface area (Å²) in [5.74, 6) is -1.98. The van der Waals surface area contributed by atoms with Crippen LogP contribution in [0, 0.1) is 5.92 Å². The van der Waals surface area contributed by atoms with Gasteiger partial charge in [0.2, 0.25) is 0 Å². The number of carbonyl (C=O) groups is 2. The molecule has 0 aliphatic rings. The lowest BCUT2D eigenvalue weighted by molar-refractivity contribution is -0.143. The van der Waals surface area contributed by atoms with E-state index < -0.39 is 11.9 Å². The lowest BCUT2D eigenvalue weighted by atomic mass is 9.95. The van der Waals surface area contributed by atoms with Gasteiger partial charge in [0.15, 0.2) is 0 Å². The first-order valence-corrected chi connectivity index (χ1v) is 13.0. The molecule has 0 fully saturated rings. The first-order chi connectivity index (χ1) is 14.6. The molecule has 0 radical (unpaired) electrons. The Kier molecular flexibility index (Phi) is 21.8. The van der Waals surface area contributed by atoms with E-state index in [-0.39, 0.29) is 12.3 Å². The molecule has 0 aromatic heterocycles. The molecular formula is C26H50O4. The van der Waals surface area contributed by atoms with Gasteiger partial charge >= 0.3 is 11.9 Å². The molecule has 4 heteroatoms. The summed E-state index contributed by atoms with van der Waals surface area (Å²) in [4.78, 5) is 21.8. The highest BCUT2D eigenvalue weighted by Gasteiger charge is 2.16. The van der Waals surface area contributed by atoms with Gasteiger partial charge in [-0.05, 0) is 19.3 Å². The Morgan fingerprint density at radius 3 is 1.20 bits per heavy atom. The van der Waals surface area contributed by atoms with E-state index in [4.69, 9.17) is 5.11 Å². The second kappa shape index (κ2) is 22.6. The summed E-state index contributed by atoms with van der Waals surface area (Å²) < 4.78 is 0. The van der Waals surface area contributed by atoms with Gasteiger partial charge in [0.1, 0.15) is 0 Å². The molecule has 0 bridgehead atoms. The van der Waals surface area contributed by atoms with Crippen molar-refractivity contribution in [2.24, 2.45) is 5.92 Å². The summed E-state index contributed by atoms with van der Waals surface area (Å²) in [7, 11) is 0. The van der Waals surface area contributed by atoms with E-state index in [1.807, 2.05) is 0 Å². The monoisotopic (exact) mass is 426 g/mol. The van der Waals surface area contributed by atoms with E-state index in [2.05, 4.69) is 6.92 Å². The second-order valence-corrected chi connectivity index (χ2v) is 9.12. The van der Waals surface area contributed by atoms with Crippen LogP contribution >= 0.6 is 0 Å². The average molecular weight is 427 g/mol. The minimum absolute atomic E-state index is 0.0723. The van der Waals surface area contributed by atoms with E-state index in [0.29, 0.717) is 19.3 Å². The van der Waals surface area contributed by atoms with Crippen LogP contribution in [0.25, 0.3) is 0 Å². The van der Waals surface area contributed by atoms with E-state index >= 15 is 0 Å². The molecule has 0 saturated carbocycles. The zero-order valence-electron chi connectivity index (χ0n) is 19.8. The highest BCUT2D eigenvalue weighted by atomic mass is 16.4. The molecule has 0 aromatic carbocycles. The highest BCUT2D eigenvalue weighted by Crippen LogP contribution is 2.19. The Morgan fingerprint density at radius 2 is 0.867 bits per heavy atom. The van der Waals surface area contributed by atoms with Crippen LogP contribution < -0.4 is 0 Å². The number of carboxylic acids is 2. The van der Waals surface area contributed by atoms with Crippen LogP contribution in [0.15, 0.2) is 0 Å². The van der Waals surface area contributed by atoms with Crippen LogP contribution in [0.5, 0.6) is 0 Å². The molecule has 0 aliphatic carbocycles. The van der Waals surface area contributed by atoms with Crippen LogP contribution in [-0.2, 0) is 9.59 Å². The standard InChI is InChI=1S/C26H50O4/c1-2-3-4-5-6-7-8-9-10-11-12-13-14-15-16-17-18-19-21-24(26(29)30)22-20-23-25(27)28/h24H,2-23H2,1H3,(H,27,28)(H,29,30). The third-order valence-corrected chi connectivity index (χ3v) is 6.20. The molecule has 2 N–H and O–H groups in total. The normalized spacial score (nSPS) is 12.2. The van der Waals surface area contributed by atoms with Gasteiger partial charge in [-0.15, -0.1) is 0 Å². The van der Waals surface area contributed by atoms with Crippen LogP contribution in [0.3, 0.4) is 0 Å². The van der Waals surface area contributed by atoms with Crippen LogP contribution in [0.2, 0.25) is 0 Å². The van der Waals surface area contributed by atoms with Gasteiger partial charge in [-0.2, -0.15) is 0 Å². The summed E-state index contributed by atoms with van der Waals surface area (Å²) in [5.41, 5.74) is 0. The molecule has 4 nitrogen and oxygen atoms in total. The SMILES string of the molecule is CCCCCCCCCCCCCCCCCCCCC(CCCC(=O)O)C(=O)O. The molecule has 0 heterocycles. The van der Waals surface area contributed by atoms with Gasteiger partial charge in [0.25, 0.3) is 0 Å². The predicted molar refractivity (Wildman–Crippen MR) is 126 cm³/mol. The number of rotatable bonds is 24. The minimum atomic E-state index is -0.840. The molecular weight excluding hydrogens is 376 g/mol. The van der Waals surface area contributed by atoms with Crippen molar-refractivity contribution in [3.63, 3.8) is 0 Å². The molecule has 1 atom stereocenters. The van der Waals surface area contributed by atoms with Crippen molar-refractivity contribution >= 4 is 11.9 Å². The second-order valence-electron chi connectivity index (χ2n) is 9.12. The van der Waals surface area contributed by atoms with Crippen molar-refractivity contribution in [2.75, 3.05) is 0 Å². The number of carboxylic acid groups (broad SMARTS) is 2. The number of hydrogen-bond donors (Lipinski definition) is 2.